The van der Waals surface area contributed by atoms with E-state index in [1.54, 1.807) is 0 Å². The van der Waals surface area contributed by atoms with Crippen LogP contribution in [0.5, 0.6) is 0 Å². The van der Waals surface area contributed by atoms with Gasteiger partial charge >= 0.3 is 0 Å². The zero-order valence-corrected chi connectivity index (χ0v) is 8.27. The number of halogens is 3. The molecule has 0 saturated carbocycles. The molecule has 1 aromatic rings. The minimum atomic E-state index is -0.629. The van der Waals surface area contributed by atoms with E-state index in [1.807, 2.05) is 0 Å². The number of aldehydes is 1. The second-order valence-electron chi connectivity index (χ2n) is 2.20. The summed E-state index contributed by atoms with van der Waals surface area (Å²) in [5, 5.41) is 0.415. The van der Waals surface area contributed by atoms with Gasteiger partial charge in [-0.15, -0.1) is 0 Å². The lowest BCUT2D eigenvalue weighted by Crippen LogP contribution is -1.94. The molecule has 4 heteroatoms. The van der Waals surface area contributed by atoms with Crippen LogP contribution in [0.3, 0.4) is 0 Å². The van der Waals surface area contributed by atoms with Gasteiger partial charge in [0, 0.05) is 10.6 Å². The fraction of sp³-hybridized carbons (Fsp3) is 0.125. The van der Waals surface area contributed by atoms with Crippen molar-refractivity contribution in [3.63, 3.8) is 0 Å². The monoisotopic (exact) mass is 250 g/mol. The molecule has 1 nitrogen and oxygen atoms in total. The van der Waals surface area contributed by atoms with Gasteiger partial charge in [0.2, 0.25) is 0 Å². The highest BCUT2D eigenvalue weighted by molar-refractivity contribution is 9.09. The van der Waals surface area contributed by atoms with Gasteiger partial charge in [-0.25, -0.2) is 4.39 Å². The average Bonchev–Trinajstić information content (AvgIpc) is 2.08. The standard InChI is InChI=1S/C8H5BrClFO/c9-7(4-12)6-3-5(10)1-2-8(6)11/h1-4,7H. The topological polar surface area (TPSA) is 17.1 Å². The summed E-state index contributed by atoms with van der Waals surface area (Å²) in [7, 11) is 0. The molecule has 0 bridgehead atoms. The largest absolute Gasteiger partial charge is 0.302 e. The van der Waals surface area contributed by atoms with Crippen LogP contribution in [0.15, 0.2) is 18.2 Å². The average molecular weight is 251 g/mol. The molecule has 0 amide bonds. The summed E-state index contributed by atoms with van der Waals surface area (Å²) in [6.07, 6.45) is 0.606. The second-order valence-corrected chi connectivity index (χ2v) is 3.63. The van der Waals surface area contributed by atoms with E-state index in [0.29, 0.717) is 11.3 Å². The van der Waals surface area contributed by atoms with E-state index in [9.17, 15) is 9.18 Å². The van der Waals surface area contributed by atoms with Crippen LogP contribution >= 0.6 is 27.5 Å². The molecule has 0 aliphatic carbocycles. The fourth-order valence-corrected chi connectivity index (χ4v) is 1.33. The summed E-state index contributed by atoms with van der Waals surface area (Å²) in [4.78, 5) is 9.68. The van der Waals surface area contributed by atoms with Crippen LogP contribution in [-0.2, 0) is 4.79 Å². The van der Waals surface area contributed by atoms with Gasteiger partial charge in [0.05, 0.1) is 4.83 Å². The Labute approximate surface area is 82.7 Å². The molecular formula is C8H5BrClFO. The smallest absolute Gasteiger partial charge is 0.138 e. The molecule has 64 valence electrons. The highest BCUT2D eigenvalue weighted by Crippen LogP contribution is 2.25. The van der Waals surface area contributed by atoms with Crippen molar-refractivity contribution in [3.05, 3.63) is 34.6 Å². The molecular weight excluding hydrogens is 246 g/mol. The molecule has 12 heavy (non-hydrogen) atoms. The molecule has 0 aromatic heterocycles. The molecule has 0 radical (unpaired) electrons. The van der Waals surface area contributed by atoms with Gasteiger partial charge in [0.25, 0.3) is 0 Å². The first-order valence-corrected chi connectivity index (χ1v) is 4.49. The van der Waals surface area contributed by atoms with Crippen LogP contribution in [0.4, 0.5) is 4.39 Å². The van der Waals surface area contributed by atoms with Crippen molar-refractivity contribution >= 4 is 33.8 Å². The summed E-state index contributed by atoms with van der Waals surface area (Å²) < 4.78 is 13.0. The van der Waals surface area contributed by atoms with Crippen molar-refractivity contribution < 1.29 is 9.18 Å². The molecule has 0 spiro atoms. The Bertz CT molecular complexity index is 303. The third kappa shape index (κ3) is 2.05. The third-order valence-corrected chi connectivity index (χ3v) is 2.32. The van der Waals surface area contributed by atoms with Gasteiger partial charge in [-0.05, 0) is 18.2 Å². The molecule has 0 N–H and O–H groups in total. The first kappa shape index (κ1) is 9.68. The summed E-state index contributed by atoms with van der Waals surface area (Å²) in [5.74, 6) is -0.437. The van der Waals surface area contributed by atoms with Crippen molar-refractivity contribution in [3.8, 4) is 0 Å². The fourth-order valence-electron chi connectivity index (χ4n) is 0.799. The van der Waals surface area contributed by atoms with E-state index >= 15 is 0 Å². The SMILES string of the molecule is O=CC(Br)c1cc(Cl)ccc1F. The highest BCUT2D eigenvalue weighted by atomic mass is 79.9. The van der Waals surface area contributed by atoms with Gasteiger partial charge in [0.15, 0.2) is 0 Å². The Kier molecular flexibility index (Phi) is 3.23. The molecule has 0 aliphatic heterocycles. The second kappa shape index (κ2) is 4.01. The van der Waals surface area contributed by atoms with E-state index in [4.69, 9.17) is 11.6 Å². The molecule has 1 aromatic carbocycles. The Morgan fingerprint density at radius 1 is 1.58 bits per heavy atom. The molecule has 0 fully saturated rings. The summed E-state index contributed by atoms with van der Waals surface area (Å²) >= 11 is 8.62. The lowest BCUT2D eigenvalue weighted by atomic mass is 10.1. The third-order valence-electron chi connectivity index (χ3n) is 1.37. The van der Waals surface area contributed by atoms with E-state index < -0.39 is 10.6 Å². The first-order chi connectivity index (χ1) is 5.65. The minimum Gasteiger partial charge on any atom is -0.302 e. The maximum atomic E-state index is 13.0. The van der Waals surface area contributed by atoms with Gasteiger partial charge in [-0.3, -0.25) is 0 Å². The number of hydrogen-bond acceptors (Lipinski definition) is 1. The highest BCUT2D eigenvalue weighted by Gasteiger charge is 2.11. The summed E-state index contributed by atoms with van der Waals surface area (Å²) in [5.41, 5.74) is 0.262. The predicted octanol–water partition coefficient (Wildman–Crippen LogP) is 3.11. The normalized spacial score (nSPS) is 12.6. The number of rotatable bonds is 2. The van der Waals surface area contributed by atoms with Crippen LogP contribution in [-0.4, -0.2) is 6.29 Å². The van der Waals surface area contributed by atoms with E-state index in [-0.39, 0.29) is 5.56 Å². The molecule has 0 aliphatic rings. The van der Waals surface area contributed by atoms with Crippen LogP contribution in [0.25, 0.3) is 0 Å². The number of carbonyl (C=O) groups is 1. The van der Waals surface area contributed by atoms with Gasteiger partial charge in [0.1, 0.15) is 12.1 Å². The van der Waals surface area contributed by atoms with Crippen molar-refractivity contribution in [1.29, 1.82) is 0 Å². The summed E-state index contributed by atoms with van der Waals surface area (Å²) in [6.45, 7) is 0. The minimum absolute atomic E-state index is 0.262. The van der Waals surface area contributed by atoms with Crippen LogP contribution in [0.2, 0.25) is 5.02 Å². The molecule has 1 unspecified atom stereocenters. The molecule has 0 saturated heterocycles. The van der Waals surface area contributed by atoms with Crippen molar-refractivity contribution in [2.45, 2.75) is 4.83 Å². The Balaban J connectivity index is 3.12. The lowest BCUT2D eigenvalue weighted by Gasteiger charge is -2.03. The molecule has 0 heterocycles. The van der Waals surface area contributed by atoms with Gasteiger partial charge in [-0.2, -0.15) is 0 Å². The quantitative estimate of drug-likeness (QED) is 0.583. The van der Waals surface area contributed by atoms with Crippen LogP contribution in [0, 0.1) is 5.82 Å². The Hall–Kier alpha value is -0.410. The number of carbonyl (C=O) groups excluding carboxylic acids is 1. The Morgan fingerprint density at radius 3 is 2.83 bits per heavy atom. The van der Waals surface area contributed by atoms with E-state index in [2.05, 4.69) is 15.9 Å². The van der Waals surface area contributed by atoms with Crippen molar-refractivity contribution in [2.75, 3.05) is 0 Å². The van der Waals surface area contributed by atoms with Gasteiger partial charge in [-0.1, -0.05) is 27.5 Å². The molecule has 1 atom stereocenters. The number of hydrogen-bond donors (Lipinski definition) is 0. The number of alkyl halides is 1. The maximum Gasteiger partial charge on any atom is 0.138 e. The van der Waals surface area contributed by atoms with Crippen molar-refractivity contribution in [1.82, 2.24) is 0 Å². The lowest BCUT2D eigenvalue weighted by molar-refractivity contribution is -0.107. The zero-order valence-electron chi connectivity index (χ0n) is 5.93. The number of benzene rings is 1. The van der Waals surface area contributed by atoms with E-state index in [1.165, 1.54) is 18.2 Å². The van der Waals surface area contributed by atoms with Crippen molar-refractivity contribution in [2.24, 2.45) is 0 Å². The predicted molar refractivity (Wildman–Crippen MR) is 49.1 cm³/mol. The maximum absolute atomic E-state index is 13.0. The van der Waals surface area contributed by atoms with E-state index in [0.717, 1.165) is 0 Å². The van der Waals surface area contributed by atoms with Gasteiger partial charge < -0.3 is 4.79 Å². The molecule has 1 rings (SSSR count). The zero-order chi connectivity index (χ0) is 9.14. The van der Waals surface area contributed by atoms with Crippen LogP contribution in [0.1, 0.15) is 10.4 Å². The summed E-state index contributed by atoms with van der Waals surface area (Å²) in [6, 6.07) is 4.09. The first-order valence-electron chi connectivity index (χ1n) is 3.19. The Morgan fingerprint density at radius 2 is 2.25 bits per heavy atom. The van der Waals surface area contributed by atoms with Crippen LogP contribution < -0.4 is 0 Å².